The van der Waals surface area contributed by atoms with Crippen molar-refractivity contribution in [1.82, 2.24) is 14.8 Å². The van der Waals surface area contributed by atoms with Crippen molar-refractivity contribution in [3.63, 3.8) is 0 Å². The van der Waals surface area contributed by atoms with Crippen LogP contribution in [0.5, 0.6) is 0 Å². The number of hydrogen-bond acceptors (Lipinski definition) is 5. The van der Waals surface area contributed by atoms with Gasteiger partial charge in [-0.1, -0.05) is 0 Å². The molecule has 0 radical (unpaired) electrons. The van der Waals surface area contributed by atoms with Crippen molar-refractivity contribution < 1.29 is 27.5 Å². The van der Waals surface area contributed by atoms with Crippen LogP contribution in [0.25, 0.3) is 10.2 Å². The lowest BCUT2D eigenvalue weighted by Gasteiger charge is -2.39. The van der Waals surface area contributed by atoms with Crippen LogP contribution < -0.4 is 0 Å². The molecular weight excluding hydrogens is 443 g/mol. The van der Waals surface area contributed by atoms with E-state index in [2.05, 4.69) is 4.98 Å². The number of aromatic nitrogens is 1. The molecule has 2 fully saturated rings. The number of nitrogens with zero attached hydrogens (tertiary/aromatic N) is 3. The molecule has 2 aromatic rings. The van der Waals surface area contributed by atoms with Crippen molar-refractivity contribution >= 4 is 33.4 Å². The summed E-state index contributed by atoms with van der Waals surface area (Å²) in [5.74, 6) is -0.226. The number of rotatable bonds is 2. The summed E-state index contributed by atoms with van der Waals surface area (Å²) >= 11 is 0.995. The molecule has 0 saturated carbocycles. The Balaban J connectivity index is 1.44. The molecule has 2 unspecified atom stereocenters. The lowest BCUT2D eigenvalue weighted by Crippen LogP contribution is -2.51. The third kappa shape index (κ3) is 4.47. The Hall–Kier alpha value is -2.20. The highest BCUT2D eigenvalue weighted by atomic mass is 32.1. The highest BCUT2D eigenvalue weighted by Crippen LogP contribution is 2.35. The van der Waals surface area contributed by atoms with Gasteiger partial charge in [-0.2, -0.15) is 13.2 Å². The van der Waals surface area contributed by atoms with Gasteiger partial charge in [0.15, 0.2) is 0 Å². The number of alkyl halides is 3. The monoisotopic (exact) mass is 469 g/mol. The van der Waals surface area contributed by atoms with Crippen LogP contribution in [-0.4, -0.2) is 65.0 Å². The fraction of sp³-hybridized carbons (Fsp3) is 0.591. The van der Waals surface area contributed by atoms with Crippen LogP contribution in [0.3, 0.4) is 0 Å². The maximum absolute atomic E-state index is 13.1. The van der Waals surface area contributed by atoms with Gasteiger partial charge in [-0.15, -0.1) is 11.3 Å². The largest absolute Gasteiger partial charge is 0.433 e. The topological polar surface area (TPSA) is 62.7 Å². The quantitative estimate of drug-likeness (QED) is 0.664. The molecule has 0 aromatic carbocycles. The predicted molar refractivity (Wildman–Crippen MR) is 115 cm³/mol. The second-order valence-corrected chi connectivity index (χ2v) is 9.67. The van der Waals surface area contributed by atoms with Gasteiger partial charge in [0.05, 0.1) is 17.1 Å². The van der Waals surface area contributed by atoms with Gasteiger partial charge in [-0.25, -0.2) is 4.98 Å². The van der Waals surface area contributed by atoms with Crippen LogP contribution in [0.1, 0.15) is 47.6 Å². The number of thiophene rings is 1. The van der Waals surface area contributed by atoms with E-state index < -0.39 is 11.9 Å². The van der Waals surface area contributed by atoms with Crippen LogP contribution in [0.2, 0.25) is 0 Å². The first-order valence-corrected chi connectivity index (χ1v) is 11.6. The summed E-state index contributed by atoms with van der Waals surface area (Å²) in [7, 11) is 0. The zero-order valence-electron chi connectivity index (χ0n) is 18.2. The zero-order valence-corrected chi connectivity index (χ0v) is 19.1. The van der Waals surface area contributed by atoms with Gasteiger partial charge in [0, 0.05) is 37.5 Å². The molecule has 10 heteroatoms. The first-order valence-electron chi connectivity index (χ1n) is 10.8. The van der Waals surface area contributed by atoms with Gasteiger partial charge in [0.1, 0.15) is 10.5 Å². The lowest BCUT2D eigenvalue weighted by atomic mass is 9.94. The number of piperidine rings is 1. The minimum Gasteiger partial charge on any atom is -0.372 e. The third-order valence-corrected chi connectivity index (χ3v) is 7.34. The van der Waals surface area contributed by atoms with Gasteiger partial charge < -0.3 is 14.5 Å². The first kappa shape index (κ1) is 23.0. The second-order valence-electron chi connectivity index (χ2n) is 8.67. The highest BCUT2D eigenvalue weighted by molar-refractivity contribution is 7.20. The summed E-state index contributed by atoms with van der Waals surface area (Å²) in [6.45, 7) is 7.69. The van der Waals surface area contributed by atoms with Crippen LogP contribution in [0.15, 0.2) is 12.1 Å². The van der Waals surface area contributed by atoms with Crippen LogP contribution in [0, 0.1) is 12.8 Å². The summed E-state index contributed by atoms with van der Waals surface area (Å²) in [5, 5.41) is 0.562. The summed E-state index contributed by atoms with van der Waals surface area (Å²) < 4.78 is 44.6. The Bertz CT molecular complexity index is 1020. The molecule has 2 saturated heterocycles. The van der Waals surface area contributed by atoms with E-state index in [-0.39, 0.29) is 34.8 Å². The Morgan fingerprint density at radius 3 is 2.31 bits per heavy atom. The van der Waals surface area contributed by atoms with Crippen molar-refractivity contribution in [2.24, 2.45) is 5.92 Å². The number of morpholine rings is 1. The molecule has 4 rings (SSSR count). The number of carbonyl (C=O) groups excluding carboxylic acids is 2. The number of pyridine rings is 1. The van der Waals surface area contributed by atoms with Gasteiger partial charge in [-0.05, 0) is 51.3 Å². The number of ether oxygens (including phenoxy) is 1. The first-order chi connectivity index (χ1) is 15.0. The predicted octanol–water partition coefficient (Wildman–Crippen LogP) is 4.11. The zero-order chi connectivity index (χ0) is 23.2. The molecule has 0 spiro atoms. The second kappa shape index (κ2) is 8.62. The number of amides is 2. The number of likely N-dealkylation sites (tertiary alicyclic amines) is 1. The van der Waals surface area contributed by atoms with E-state index in [4.69, 9.17) is 4.74 Å². The molecule has 2 amide bonds. The van der Waals surface area contributed by atoms with E-state index >= 15 is 0 Å². The fourth-order valence-corrected chi connectivity index (χ4v) is 5.70. The molecule has 0 N–H and O–H groups in total. The summed E-state index contributed by atoms with van der Waals surface area (Å²) in [6.07, 6.45) is -3.37. The van der Waals surface area contributed by atoms with Crippen LogP contribution in [0.4, 0.5) is 13.2 Å². The normalized spacial score (nSPS) is 23.1. The molecule has 0 bridgehead atoms. The molecular formula is C22H26F3N3O3S. The number of hydrogen-bond donors (Lipinski definition) is 0. The average molecular weight is 470 g/mol. The molecule has 174 valence electrons. The molecule has 2 aliphatic heterocycles. The molecule has 2 aliphatic rings. The van der Waals surface area contributed by atoms with Gasteiger partial charge in [0.2, 0.25) is 5.91 Å². The molecule has 0 aliphatic carbocycles. The van der Waals surface area contributed by atoms with Crippen molar-refractivity contribution in [2.75, 3.05) is 26.2 Å². The van der Waals surface area contributed by atoms with Crippen molar-refractivity contribution in [2.45, 2.75) is 52.0 Å². The van der Waals surface area contributed by atoms with Crippen LogP contribution >= 0.6 is 11.3 Å². The lowest BCUT2D eigenvalue weighted by molar-refractivity contribution is -0.148. The van der Waals surface area contributed by atoms with Gasteiger partial charge in [0.25, 0.3) is 5.91 Å². The molecule has 2 atom stereocenters. The summed E-state index contributed by atoms with van der Waals surface area (Å²) in [4.78, 5) is 33.9. The maximum Gasteiger partial charge on any atom is 0.433 e. The van der Waals surface area contributed by atoms with Gasteiger partial charge in [-0.3, -0.25) is 9.59 Å². The number of halogens is 3. The van der Waals surface area contributed by atoms with Gasteiger partial charge >= 0.3 is 6.18 Å². The molecule has 4 heterocycles. The third-order valence-electron chi connectivity index (χ3n) is 6.15. The number of carbonyl (C=O) groups is 2. The maximum atomic E-state index is 13.1. The summed E-state index contributed by atoms with van der Waals surface area (Å²) in [5.41, 5.74) is -0.318. The fourth-order valence-electron chi connectivity index (χ4n) is 4.55. The number of aryl methyl sites for hydroxylation is 1. The van der Waals surface area contributed by atoms with E-state index in [1.54, 1.807) is 11.8 Å². The van der Waals surface area contributed by atoms with Crippen molar-refractivity contribution in [3.05, 3.63) is 28.3 Å². The van der Waals surface area contributed by atoms with E-state index in [0.717, 1.165) is 17.4 Å². The molecule has 2 aromatic heterocycles. The number of fused-ring (bicyclic) bond motifs is 1. The van der Waals surface area contributed by atoms with E-state index in [1.165, 1.54) is 6.07 Å². The van der Waals surface area contributed by atoms with Crippen LogP contribution in [-0.2, 0) is 15.7 Å². The SMILES string of the molecule is Cc1c(C(=O)N2CCC(C(=O)N3CC(C)OC(C)C3)CC2)sc2nc(C(F)(F)F)ccc12. The Labute approximate surface area is 188 Å². The van der Waals surface area contributed by atoms with E-state index in [9.17, 15) is 22.8 Å². The molecule has 6 nitrogen and oxygen atoms in total. The molecule has 32 heavy (non-hydrogen) atoms. The van der Waals surface area contributed by atoms with Crippen molar-refractivity contribution in [3.8, 4) is 0 Å². The standard InChI is InChI=1S/C22H26F3N3O3S/c1-12-10-28(11-13(2)31-12)20(29)15-6-8-27(9-7-15)21(30)18-14(3)16-4-5-17(22(23,24)25)26-19(16)32-18/h4-5,12-13,15H,6-11H2,1-3H3. The van der Waals surface area contributed by atoms with Crippen molar-refractivity contribution in [1.29, 1.82) is 0 Å². The Morgan fingerprint density at radius 2 is 1.72 bits per heavy atom. The van der Waals surface area contributed by atoms with E-state index in [1.807, 2.05) is 18.7 Å². The summed E-state index contributed by atoms with van der Waals surface area (Å²) in [6, 6.07) is 2.32. The highest BCUT2D eigenvalue weighted by Gasteiger charge is 2.35. The minimum absolute atomic E-state index is 0.00627. The Morgan fingerprint density at radius 1 is 1.09 bits per heavy atom. The minimum atomic E-state index is -4.53. The van der Waals surface area contributed by atoms with E-state index in [0.29, 0.717) is 54.8 Å². The smallest absolute Gasteiger partial charge is 0.372 e. The average Bonchev–Trinajstić information content (AvgIpc) is 3.07. The Kier molecular flexibility index (Phi) is 6.19.